The van der Waals surface area contributed by atoms with E-state index < -0.39 is 0 Å². The zero-order valence-corrected chi connectivity index (χ0v) is 16.0. The molecule has 2 aliphatic heterocycles. The highest BCUT2D eigenvalue weighted by Crippen LogP contribution is 2.20. The summed E-state index contributed by atoms with van der Waals surface area (Å²) in [5.74, 6) is 0.206. The number of fused-ring (bicyclic) bond motifs is 1. The highest BCUT2D eigenvalue weighted by Gasteiger charge is 2.27. The van der Waals surface area contributed by atoms with Crippen LogP contribution in [0.5, 0.6) is 0 Å². The molecule has 0 unspecified atom stereocenters. The molecule has 1 aliphatic carbocycles. The van der Waals surface area contributed by atoms with Crippen LogP contribution in [0.1, 0.15) is 62.8 Å². The number of likely N-dealkylation sites (tertiary alicyclic amines) is 1. The molecule has 1 N–H and O–H groups in total. The van der Waals surface area contributed by atoms with E-state index in [0.29, 0.717) is 38.5 Å². The Labute approximate surface area is 160 Å². The molecule has 0 atom stereocenters. The van der Waals surface area contributed by atoms with Crippen molar-refractivity contribution in [2.24, 2.45) is 0 Å². The first-order chi connectivity index (χ1) is 13.2. The van der Waals surface area contributed by atoms with Gasteiger partial charge in [0.15, 0.2) is 0 Å². The summed E-state index contributed by atoms with van der Waals surface area (Å²) in [7, 11) is 0. The van der Waals surface area contributed by atoms with Gasteiger partial charge in [0.2, 0.25) is 5.91 Å². The topological polar surface area (TPSA) is 83.4 Å². The van der Waals surface area contributed by atoms with E-state index in [0.717, 1.165) is 50.2 Å². The first kappa shape index (κ1) is 18.3. The predicted octanol–water partition coefficient (Wildman–Crippen LogP) is 1.69. The molecule has 1 saturated heterocycles. The maximum absolute atomic E-state index is 12.7. The molecule has 3 aliphatic rings. The Morgan fingerprint density at radius 1 is 0.963 bits per heavy atom. The first-order valence-electron chi connectivity index (χ1n) is 10.4. The highest BCUT2D eigenvalue weighted by atomic mass is 16.2. The van der Waals surface area contributed by atoms with Crippen LogP contribution in [0.15, 0.2) is 0 Å². The molecule has 0 aromatic carbocycles. The molecule has 1 aromatic rings. The molecular weight excluding hydrogens is 344 g/mol. The van der Waals surface area contributed by atoms with Gasteiger partial charge in [0.25, 0.3) is 0 Å². The second-order valence-corrected chi connectivity index (χ2v) is 8.00. The molecule has 8 heteroatoms. The smallest absolute Gasteiger partial charge is 0.318 e. The molecular formula is C19H30N6O2. The van der Waals surface area contributed by atoms with Gasteiger partial charge < -0.3 is 15.1 Å². The summed E-state index contributed by atoms with van der Waals surface area (Å²) in [6.07, 6.45) is 9.15. The number of hydrogen-bond donors (Lipinski definition) is 1. The van der Waals surface area contributed by atoms with Gasteiger partial charge in [-0.3, -0.25) is 4.79 Å². The van der Waals surface area contributed by atoms with Crippen molar-refractivity contribution in [3.63, 3.8) is 0 Å². The molecule has 3 amide bonds. The second-order valence-electron chi connectivity index (χ2n) is 8.00. The molecule has 0 spiro atoms. The first-order valence-corrected chi connectivity index (χ1v) is 10.4. The third kappa shape index (κ3) is 4.25. The molecule has 4 rings (SSSR count). The third-order valence-electron chi connectivity index (χ3n) is 6.09. The third-order valence-corrected chi connectivity index (χ3v) is 6.09. The van der Waals surface area contributed by atoms with Gasteiger partial charge in [-0.1, -0.05) is 24.5 Å². The molecule has 0 radical (unpaired) electrons. The lowest BCUT2D eigenvalue weighted by Gasteiger charge is -2.31. The normalized spacial score (nSPS) is 20.6. The van der Waals surface area contributed by atoms with Gasteiger partial charge in [-0.2, -0.15) is 0 Å². The molecule has 8 nitrogen and oxygen atoms in total. The lowest BCUT2D eigenvalue weighted by atomic mass is 9.96. The number of nitrogens with zero attached hydrogens (tertiary/aromatic N) is 5. The Kier molecular flexibility index (Phi) is 5.59. The quantitative estimate of drug-likeness (QED) is 0.869. The van der Waals surface area contributed by atoms with E-state index in [1.54, 1.807) is 0 Å². The van der Waals surface area contributed by atoms with Crippen LogP contribution >= 0.6 is 0 Å². The standard InChI is InChI=1S/C19H30N6O2/c26-18(23-10-4-5-11-23)9-8-16-17-14-24(12-13-25(17)22-21-16)19(27)20-15-6-2-1-3-7-15/h15H,1-14H2,(H,20,27). The van der Waals surface area contributed by atoms with Crippen molar-refractivity contribution in [3.8, 4) is 0 Å². The van der Waals surface area contributed by atoms with E-state index in [-0.39, 0.29) is 11.9 Å². The Balaban J connectivity index is 1.33. The van der Waals surface area contributed by atoms with E-state index >= 15 is 0 Å². The maximum atomic E-state index is 12.7. The maximum Gasteiger partial charge on any atom is 0.318 e. The average molecular weight is 374 g/mol. The Morgan fingerprint density at radius 2 is 1.74 bits per heavy atom. The van der Waals surface area contributed by atoms with Gasteiger partial charge in [0.1, 0.15) is 0 Å². The van der Waals surface area contributed by atoms with Crippen LogP contribution in [-0.4, -0.2) is 62.4 Å². The fourth-order valence-electron chi connectivity index (χ4n) is 4.43. The van der Waals surface area contributed by atoms with Crippen LogP contribution in [0.4, 0.5) is 4.79 Å². The monoisotopic (exact) mass is 374 g/mol. The number of amides is 3. The van der Waals surface area contributed by atoms with Crippen molar-refractivity contribution in [2.75, 3.05) is 19.6 Å². The van der Waals surface area contributed by atoms with Crippen molar-refractivity contribution in [3.05, 3.63) is 11.4 Å². The summed E-state index contributed by atoms with van der Waals surface area (Å²) in [6, 6.07) is 0.335. The number of urea groups is 1. The number of hydrogen-bond acceptors (Lipinski definition) is 4. The van der Waals surface area contributed by atoms with Crippen LogP contribution in [-0.2, 0) is 24.3 Å². The van der Waals surface area contributed by atoms with Crippen molar-refractivity contribution in [1.82, 2.24) is 30.1 Å². The van der Waals surface area contributed by atoms with E-state index in [4.69, 9.17) is 0 Å². The molecule has 1 aromatic heterocycles. The Morgan fingerprint density at radius 3 is 2.52 bits per heavy atom. The minimum Gasteiger partial charge on any atom is -0.343 e. The van der Waals surface area contributed by atoms with Crippen LogP contribution in [0.2, 0.25) is 0 Å². The summed E-state index contributed by atoms with van der Waals surface area (Å²) >= 11 is 0. The van der Waals surface area contributed by atoms with Gasteiger partial charge in [0, 0.05) is 38.5 Å². The molecule has 0 bridgehead atoms. The van der Waals surface area contributed by atoms with Crippen molar-refractivity contribution >= 4 is 11.9 Å². The van der Waals surface area contributed by atoms with Crippen LogP contribution < -0.4 is 5.32 Å². The predicted molar refractivity (Wildman–Crippen MR) is 100.0 cm³/mol. The lowest BCUT2D eigenvalue weighted by Crippen LogP contribution is -2.48. The fraction of sp³-hybridized carbons (Fsp3) is 0.789. The Bertz CT molecular complexity index is 676. The SMILES string of the molecule is O=C(CCc1nnn2c1CN(C(=O)NC1CCCCC1)CC2)N1CCCC1. The molecule has 27 heavy (non-hydrogen) atoms. The summed E-state index contributed by atoms with van der Waals surface area (Å²) in [5, 5.41) is 11.7. The van der Waals surface area contributed by atoms with Gasteiger partial charge in [0.05, 0.1) is 24.5 Å². The van der Waals surface area contributed by atoms with Crippen LogP contribution in [0.25, 0.3) is 0 Å². The van der Waals surface area contributed by atoms with Gasteiger partial charge in [-0.05, 0) is 25.7 Å². The van der Waals surface area contributed by atoms with E-state index in [1.807, 2.05) is 14.5 Å². The highest BCUT2D eigenvalue weighted by molar-refractivity contribution is 5.76. The van der Waals surface area contributed by atoms with Crippen molar-refractivity contribution in [1.29, 1.82) is 0 Å². The zero-order valence-electron chi connectivity index (χ0n) is 16.0. The molecule has 3 heterocycles. The minimum absolute atomic E-state index is 0.0217. The number of nitrogens with one attached hydrogen (secondary N) is 1. The average Bonchev–Trinajstić information content (AvgIpc) is 3.36. The van der Waals surface area contributed by atoms with E-state index in [2.05, 4.69) is 15.6 Å². The van der Waals surface area contributed by atoms with Gasteiger partial charge in [-0.25, -0.2) is 9.48 Å². The fourth-order valence-corrected chi connectivity index (χ4v) is 4.43. The summed E-state index contributed by atoms with van der Waals surface area (Å²) in [4.78, 5) is 28.8. The van der Waals surface area contributed by atoms with Gasteiger partial charge >= 0.3 is 6.03 Å². The lowest BCUT2D eigenvalue weighted by molar-refractivity contribution is -0.130. The van der Waals surface area contributed by atoms with E-state index in [9.17, 15) is 9.59 Å². The number of carbonyl (C=O) groups is 2. The summed E-state index contributed by atoms with van der Waals surface area (Å²) in [5.41, 5.74) is 1.84. The summed E-state index contributed by atoms with van der Waals surface area (Å²) < 4.78 is 1.89. The Hall–Kier alpha value is -2.12. The van der Waals surface area contributed by atoms with E-state index in [1.165, 1.54) is 19.3 Å². The molecule has 148 valence electrons. The second kappa shape index (κ2) is 8.27. The number of rotatable bonds is 4. The van der Waals surface area contributed by atoms with Crippen LogP contribution in [0, 0.1) is 0 Å². The minimum atomic E-state index is 0.0217. The largest absolute Gasteiger partial charge is 0.343 e. The van der Waals surface area contributed by atoms with Crippen molar-refractivity contribution in [2.45, 2.75) is 76.9 Å². The number of aromatic nitrogens is 3. The summed E-state index contributed by atoms with van der Waals surface area (Å²) in [6.45, 7) is 3.61. The molecule has 1 saturated carbocycles. The zero-order chi connectivity index (χ0) is 18.6. The number of aryl methyl sites for hydroxylation is 1. The van der Waals surface area contributed by atoms with Crippen molar-refractivity contribution < 1.29 is 9.59 Å². The number of carbonyl (C=O) groups excluding carboxylic acids is 2. The van der Waals surface area contributed by atoms with Gasteiger partial charge in [-0.15, -0.1) is 5.10 Å². The van der Waals surface area contributed by atoms with Crippen LogP contribution in [0.3, 0.4) is 0 Å². The molecule has 2 fully saturated rings.